The number of ether oxygens (including phenoxy) is 1. The number of hydrogen-bond acceptors (Lipinski definition) is 2. The van der Waals surface area contributed by atoms with Gasteiger partial charge in [-0.05, 0) is 31.4 Å². The van der Waals surface area contributed by atoms with Gasteiger partial charge in [0, 0.05) is 17.2 Å². The van der Waals surface area contributed by atoms with Crippen LogP contribution < -0.4 is 0 Å². The van der Waals surface area contributed by atoms with Crippen LogP contribution in [-0.2, 0) is 4.74 Å². The number of halogens is 1. The molecular formula is C14H19ClO2. The van der Waals surface area contributed by atoms with Crippen LogP contribution in [0.15, 0.2) is 18.2 Å². The molecule has 0 N–H and O–H groups in total. The van der Waals surface area contributed by atoms with Gasteiger partial charge in [-0.3, -0.25) is 4.79 Å². The van der Waals surface area contributed by atoms with Gasteiger partial charge in [-0.1, -0.05) is 37.6 Å². The predicted molar refractivity (Wildman–Crippen MR) is 70.8 cm³/mol. The molecule has 0 heterocycles. The zero-order valence-electron chi connectivity index (χ0n) is 10.8. The summed E-state index contributed by atoms with van der Waals surface area (Å²) in [5, 5.41) is 0.620. The lowest BCUT2D eigenvalue weighted by Crippen LogP contribution is -2.29. The number of carbonyl (C=O) groups is 1. The van der Waals surface area contributed by atoms with Crippen LogP contribution in [-0.4, -0.2) is 18.5 Å². The molecule has 1 aromatic rings. The maximum Gasteiger partial charge on any atom is 0.191 e. The summed E-state index contributed by atoms with van der Waals surface area (Å²) in [5.41, 5.74) is 1.59. The van der Waals surface area contributed by atoms with E-state index in [1.807, 2.05) is 33.8 Å². The van der Waals surface area contributed by atoms with Gasteiger partial charge in [-0.25, -0.2) is 0 Å². The Balaban J connectivity index is 2.97. The molecule has 1 atom stereocenters. The first-order valence-corrected chi connectivity index (χ1v) is 6.27. The lowest BCUT2D eigenvalue weighted by Gasteiger charge is -2.19. The minimum atomic E-state index is -0.390. The summed E-state index contributed by atoms with van der Waals surface area (Å²) in [4.78, 5) is 12.3. The van der Waals surface area contributed by atoms with E-state index in [-0.39, 0.29) is 11.7 Å². The van der Waals surface area contributed by atoms with Crippen molar-refractivity contribution in [3.8, 4) is 0 Å². The first kappa shape index (κ1) is 14.2. The first-order valence-electron chi connectivity index (χ1n) is 5.89. The molecule has 0 radical (unpaired) electrons. The number of Topliss-reactive ketones (excluding diaryl/α,β-unsaturated/α-hetero) is 1. The number of rotatable bonds is 5. The molecule has 0 aliphatic rings. The van der Waals surface area contributed by atoms with Gasteiger partial charge < -0.3 is 4.74 Å². The van der Waals surface area contributed by atoms with Crippen molar-refractivity contribution in [3.63, 3.8) is 0 Å². The third-order valence-corrected chi connectivity index (χ3v) is 3.07. The van der Waals surface area contributed by atoms with Crippen LogP contribution in [0.4, 0.5) is 0 Å². The van der Waals surface area contributed by atoms with Crippen LogP contribution in [0.25, 0.3) is 0 Å². The van der Waals surface area contributed by atoms with Crippen molar-refractivity contribution >= 4 is 17.4 Å². The average Bonchev–Trinajstić information content (AvgIpc) is 2.28. The van der Waals surface area contributed by atoms with Crippen molar-refractivity contribution < 1.29 is 9.53 Å². The highest BCUT2D eigenvalue weighted by Crippen LogP contribution is 2.20. The molecule has 94 valence electrons. The molecule has 17 heavy (non-hydrogen) atoms. The lowest BCUT2D eigenvalue weighted by atomic mass is 9.97. The second kappa shape index (κ2) is 6.18. The minimum absolute atomic E-state index is 0.00347. The molecule has 3 heteroatoms. The lowest BCUT2D eigenvalue weighted by molar-refractivity contribution is 0.0280. The molecule has 0 aliphatic carbocycles. The second-order valence-electron chi connectivity index (χ2n) is 4.45. The quantitative estimate of drug-likeness (QED) is 0.745. The van der Waals surface area contributed by atoms with Crippen molar-refractivity contribution in [2.24, 2.45) is 5.92 Å². The normalized spacial score (nSPS) is 12.8. The Morgan fingerprint density at radius 3 is 2.53 bits per heavy atom. The molecule has 0 fully saturated rings. The Labute approximate surface area is 108 Å². The molecule has 0 saturated heterocycles. The minimum Gasteiger partial charge on any atom is -0.370 e. The van der Waals surface area contributed by atoms with Crippen molar-refractivity contribution in [2.75, 3.05) is 6.61 Å². The number of hydrogen-bond donors (Lipinski definition) is 0. The SMILES string of the molecule is CCOC(C(=O)c1ccc(C)c(Cl)c1)C(C)C. The van der Waals surface area contributed by atoms with Crippen molar-refractivity contribution in [1.29, 1.82) is 0 Å². The maximum absolute atomic E-state index is 12.3. The van der Waals surface area contributed by atoms with Crippen LogP contribution in [0.2, 0.25) is 5.02 Å². The molecule has 2 nitrogen and oxygen atoms in total. The van der Waals surface area contributed by atoms with Crippen molar-refractivity contribution in [1.82, 2.24) is 0 Å². The van der Waals surface area contributed by atoms with E-state index >= 15 is 0 Å². The van der Waals surface area contributed by atoms with Gasteiger partial charge in [0.25, 0.3) is 0 Å². The summed E-state index contributed by atoms with van der Waals surface area (Å²) >= 11 is 6.03. The van der Waals surface area contributed by atoms with Gasteiger partial charge in [0.2, 0.25) is 0 Å². The Morgan fingerprint density at radius 1 is 1.41 bits per heavy atom. The molecule has 1 unspecified atom stereocenters. The van der Waals surface area contributed by atoms with E-state index in [9.17, 15) is 4.79 Å². The van der Waals surface area contributed by atoms with Crippen LogP contribution in [0.1, 0.15) is 36.7 Å². The predicted octanol–water partition coefficient (Wildman–Crippen LogP) is 3.89. The highest BCUT2D eigenvalue weighted by atomic mass is 35.5. The van der Waals surface area contributed by atoms with E-state index in [2.05, 4.69) is 0 Å². The highest BCUT2D eigenvalue weighted by Gasteiger charge is 2.23. The number of aryl methyl sites for hydroxylation is 1. The summed E-state index contributed by atoms with van der Waals surface area (Å²) in [5.74, 6) is 0.159. The first-order chi connectivity index (χ1) is 7.97. The summed E-state index contributed by atoms with van der Waals surface area (Å²) in [6, 6.07) is 5.38. The van der Waals surface area contributed by atoms with E-state index in [1.165, 1.54) is 0 Å². The number of benzene rings is 1. The van der Waals surface area contributed by atoms with Crippen LogP contribution in [0.3, 0.4) is 0 Å². The summed E-state index contributed by atoms with van der Waals surface area (Å²) in [6.45, 7) is 8.31. The van der Waals surface area contributed by atoms with Gasteiger partial charge in [0.15, 0.2) is 5.78 Å². The van der Waals surface area contributed by atoms with Gasteiger partial charge in [0.05, 0.1) is 0 Å². The largest absolute Gasteiger partial charge is 0.370 e. The van der Waals surface area contributed by atoms with Gasteiger partial charge in [-0.15, -0.1) is 0 Å². The van der Waals surface area contributed by atoms with E-state index in [1.54, 1.807) is 12.1 Å². The summed E-state index contributed by atoms with van der Waals surface area (Å²) < 4.78 is 5.50. The van der Waals surface area contributed by atoms with E-state index in [0.717, 1.165) is 5.56 Å². The molecule has 0 amide bonds. The highest BCUT2D eigenvalue weighted by molar-refractivity contribution is 6.31. The van der Waals surface area contributed by atoms with Gasteiger partial charge in [0.1, 0.15) is 6.10 Å². The number of ketones is 1. The van der Waals surface area contributed by atoms with Crippen LogP contribution in [0, 0.1) is 12.8 Å². The van der Waals surface area contributed by atoms with Gasteiger partial charge in [-0.2, -0.15) is 0 Å². The topological polar surface area (TPSA) is 26.3 Å². The smallest absolute Gasteiger partial charge is 0.191 e. The van der Waals surface area contributed by atoms with Gasteiger partial charge >= 0.3 is 0 Å². The third-order valence-electron chi connectivity index (χ3n) is 2.67. The molecular weight excluding hydrogens is 236 g/mol. The van der Waals surface area contributed by atoms with Crippen molar-refractivity contribution in [2.45, 2.75) is 33.8 Å². The molecule has 1 rings (SSSR count). The Bertz CT molecular complexity index is 399. The van der Waals surface area contributed by atoms with E-state index in [4.69, 9.17) is 16.3 Å². The fourth-order valence-corrected chi connectivity index (χ4v) is 1.84. The summed E-state index contributed by atoms with van der Waals surface area (Å²) in [7, 11) is 0. The fourth-order valence-electron chi connectivity index (χ4n) is 1.66. The monoisotopic (exact) mass is 254 g/mol. The Kier molecular flexibility index (Phi) is 5.16. The zero-order chi connectivity index (χ0) is 13.0. The van der Waals surface area contributed by atoms with Crippen molar-refractivity contribution in [3.05, 3.63) is 34.3 Å². The summed E-state index contributed by atoms with van der Waals surface area (Å²) in [6.07, 6.45) is -0.390. The maximum atomic E-state index is 12.3. The Hall–Kier alpha value is -0.860. The molecule has 0 saturated carbocycles. The molecule has 0 aromatic heterocycles. The average molecular weight is 255 g/mol. The molecule has 0 spiro atoms. The van der Waals surface area contributed by atoms with E-state index < -0.39 is 6.10 Å². The standard InChI is InChI=1S/C14H19ClO2/c1-5-17-14(9(2)3)13(16)11-7-6-10(4)12(15)8-11/h6-9,14H,5H2,1-4H3. The second-order valence-corrected chi connectivity index (χ2v) is 4.86. The van der Waals surface area contributed by atoms with E-state index in [0.29, 0.717) is 17.2 Å². The zero-order valence-corrected chi connectivity index (χ0v) is 11.5. The third kappa shape index (κ3) is 3.55. The Morgan fingerprint density at radius 2 is 2.06 bits per heavy atom. The van der Waals surface area contributed by atoms with Crippen LogP contribution in [0.5, 0.6) is 0 Å². The molecule has 1 aromatic carbocycles. The number of carbonyl (C=O) groups excluding carboxylic acids is 1. The fraction of sp³-hybridized carbons (Fsp3) is 0.500. The van der Waals surface area contributed by atoms with Crippen LogP contribution >= 0.6 is 11.6 Å². The molecule has 0 bridgehead atoms. The molecule has 0 aliphatic heterocycles.